The van der Waals surface area contributed by atoms with Gasteiger partial charge in [0.25, 0.3) is 0 Å². The summed E-state index contributed by atoms with van der Waals surface area (Å²) in [5, 5.41) is 2.12. The molecule has 1 fully saturated rings. The molecule has 0 aliphatic carbocycles. The number of hydrogen-bond acceptors (Lipinski definition) is 5. The van der Waals surface area contributed by atoms with E-state index in [-0.39, 0.29) is 19.0 Å². The van der Waals surface area contributed by atoms with E-state index < -0.39 is 10.0 Å². The first-order valence-electron chi connectivity index (χ1n) is 8.95. The molecule has 29 heavy (non-hydrogen) atoms. The van der Waals surface area contributed by atoms with Crippen molar-refractivity contribution in [1.29, 1.82) is 0 Å². The third kappa shape index (κ3) is 4.37. The average molecular weight is 451 g/mol. The van der Waals surface area contributed by atoms with Crippen LogP contribution in [-0.2, 0) is 21.4 Å². The predicted octanol–water partition coefficient (Wildman–Crippen LogP) is 3.23. The second-order valence-corrected chi connectivity index (χ2v) is 10.4. The lowest BCUT2D eigenvalue weighted by molar-refractivity contribution is -0.134. The standard InChI is InChI=1S/C19H19ClN4O3S2/c1-13-9-21-10-14-8-15(22-19(13)14)11-23-5-6-24(12-18(23)25)29(26,27)7-4-16-2-3-17(20)28-16/h2-4,7-10,22H,5-6,11-12H2,1H3/b7-4+. The highest BCUT2D eigenvalue weighted by molar-refractivity contribution is 7.92. The number of halogens is 1. The van der Waals surface area contributed by atoms with Crippen LogP contribution in [0.5, 0.6) is 0 Å². The zero-order valence-electron chi connectivity index (χ0n) is 15.6. The number of fused-ring (bicyclic) bond motifs is 1. The van der Waals surface area contributed by atoms with Crippen LogP contribution in [0.15, 0.2) is 36.0 Å². The van der Waals surface area contributed by atoms with Gasteiger partial charge in [-0.2, -0.15) is 4.31 Å². The molecule has 4 heterocycles. The second-order valence-electron chi connectivity index (χ2n) is 6.85. The topological polar surface area (TPSA) is 86.4 Å². The van der Waals surface area contributed by atoms with Crippen LogP contribution in [-0.4, -0.2) is 53.1 Å². The summed E-state index contributed by atoms with van der Waals surface area (Å²) >= 11 is 7.16. The number of amides is 1. The Bertz CT molecular complexity index is 1200. The zero-order chi connectivity index (χ0) is 20.6. The number of carbonyl (C=O) groups excluding carboxylic acids is 1. The quantitative estimate of drug-likeness (QED) is 0.646. The number of nitrogens with zero attached hydrogens (tertiary/aromatic N) is 3. The van der Waals surface area contributed by atoms with Gasteiger partial charge in [-0.05, 0) is 36.8 Å². The number of sulfonamides is 1. The molecule has 152 valence electrons. The first kappa shape index (κ1) is 20.1. The molecular formula is C19H19ClN4O3S2. The summed E-state index contributed by atoms with van der Waals surface area (Å²) < 4.78 is 26.9. The van der Waals surface area contributed by atoms with Crippen molar-refractivity contribution in [3.63, 3.8) is 0 Å². The fourth-order valence-electron chi connectivity index (χ4n) is 3.27. The first-order chi connectivity index (χ1) is 13.8. The van der Waals surface area contributed by atoms with Crippen molar-refractivity contribution in [2.45, 2.75) is 13.5 Å². The van der Waals surface area contributed by atoms with Crippen LogP contribution in [0.4, 0.5) is 0 Å². The van der Waals surface area contributed by atoms with Crippen molar-refractivity contribution < 1.29 is 13.2 Å². The Balaban J connectivity index is 1.42. The van der Waals surface area contributed by atoms with E-state index in [0.29, 0.717) is 17.4 Å². The van der Waals surface area contributed by atoms with Crippen LogP contribution in [0.1, 0.15) is 16.1 Å². The SMILES string of the molecule is Cc1cncc2cc(CN3CCN(S(=O)(=O)/C=C/c4ccc(Cl)s4)CC3=O)[nH]c12. The average Bonchev–Trinajstić information content (AvgIpc) is 3.28. The molecule has 3 aromatic heterocycles. The van der Waals surface area contributed by atoms with Crippen molar-refractivity contribution in [3.8, 4) is 0 Å². The first-order valence-corrected chi connectivity index (χ1v) is 11.7. The molecular weight excluding hydrogens is 432 g/mol. The number of thiophene rings is 1. The summed E-state index contributed by atoms with van der Waals surface area (Å²) in [5.41, 5.74) is 2.94. The Morgan fingerprint density at radius 3 is 2.83 bits per heavy atom. The fraction of sp³-hybridized carbons (Fsp3) is 0.263. The van der Waals surface area contributed by atoms with Gasteiger partial charge in [0.15, 0.2) is 0 Å². The lowest BCUT2D eigenvalue weighted by atomic mass is 10.2. The number of carbonyl (C=O) groups is 1. The minimum atomic E-state index is -3.67. The molecule has 1 amide bonds. The lowest BCUT2D eigenvalue weighted by Gasteiger charge is -2.32. The van der Waals surface area contributed by atoms with E-state index in [1.807, 2.05) is 13.0 Å². The van der Waals surface area contributed by atoms with Crippen molar-refractivity contribution >= 4 is 55.8 Å². The number of aromatic amines is 1. The van der Waals surface area contributed by atoms with Gasteiger partial charge in [0, 0.05) is 46.8 Å². The fourth-order valence-corrected chi connectivity index (χ4v) is 5.44. The highest BCUT2D eigenvalue weighted by Crippen LogP contribution is 2.24. The number of pyridine rings is 1. The molecule has 0 aromatic carbocycles. The molecule has 7 nitrogen and oxygen atoms in total. The van der Waals surface area contributed by atoms with E-state index in [2.05, 4.69) is 9.97 Å². The summed E-state index contributed by atoms with van der Waals surface area (Å²) in [5.74, 6) is -0.221. The van der Waals surface area contributed by atoms with Crippen molar-refractivity contribution in [3.05, 3.63) is 56.5 Å². The number of piperazine rings is 1. The molecule has 1 saturated heterocycles. The Kier molecular flexibility index (Phi) is 5.48. The van der Waals surface area contributed by atoms with E-state index in [0.717, 1.165) is 32.4 Å². The van der Waals surface area contributed by atoms with E-state index in [1.165, 1.54) is 21.7 Å². The largest absolute Gasteiger partial charge is 0.357 e. The number of aryl methyl sites for hydroxylation is 1. The molecule has 4 rings (SSSR count). The molecule has 1 aliphatic rings. The van der Waals surface area contributed by atoms with E-state index in [4.69, 9.17) is 11.6 Å². The van der Waals surface area contributed by atoms with E-state index in [9.17, 15) is 13.2 Å². The smallest absolute Gasteiger partial charge is 0.238 e. The number of aromatic nitrogens is 2. The summed E-state index contributed by atoms with van der Waals surface area (Å²) in [7, 11) is -3.67. The van der Waals surface area contributed by atoms with Crippen LogP contribution in [0.2, 0.25) is 4.34 Å². The number of nitrogens with one attached hydrogen (secondary N) is 1. The third-order valence-corrected chi connectivity index (χ3v) is 7.49. The van der Waals surface area contributed by atoms with Crippen LogP contribution >= 0.6 is 22.9 Å². The van der Waals surface area contributed by atoms with E-state index in [1.54, 1.807) is 29.4 Å². The summed E-state index contributed by atoms with van der Waals surface area (Å²) in [6.07, 6.45) is 5.07. The number of rotatable bonds is 5. The molecule has 0 spiro atoms. The van der Waals surface area contributed by atoms with Crippen molar-refractivity contribution in [1.82, 2.24) is 19.2 Å². The maximum atomic E-state index is 12.6. The van der Waals surface area contributed by atoms with Gasteiger partial charge >= 0.3 is 0 Å². The van der Waals surface area contributed by atoms with Crippen LogP contribution in [0, 0.1) is 6.92 Å². The van der Waals surface area contributed by atoms with Crippen LogP contribution < -0.4 is 0 Å². The maximum absolute atomic E-state index is 12.6. The summed E-state index contributed by atoms with van der Waals surface area (Å²) in [6.45, 7) is 2.80. The molecule has 10 heteroatoms. The normalized spacial score (nSPS) is 16.3. The second kappa shape index (κ2) is 7.91. The minimum Gasteiger partial charge on any atom is -0.357 e. The number of H-pyrrole nitrogens is 1. The summed E-state index contributed by atoms with van der Waals surface area (Å²) in [4.78, 5) is 22.5. The van der Waals surface area contributed by atoms with Crippen molar-refractivity contribution in [2.24, 2.45) is 0 Å². The van der Waals surface area contributed by atoms with E-state index >= 15 is 0 Å². The Labute approximate surface area is 177 Å². The third-order valence-electron chi connectivity index (χ3n) is 4.78. The van der Waals surface area contributed by atoms with Crippen LogP contribution in [0.25, 0.3) is 17.0 Å². The minimum absolute atomic E-state index is 0.168. The summed E-state index contributed by atoms with van der Waals surface area (Å²) in [6, 6.07) is 5.43. The van der Waals surface area contributed by atoms with Crippen LogP contribution in [0.3, 0.4) is 0 Å². The Hall–Kier alpha value is -2.20. The van der Waals surface area contributed by atoms with Gasteiger partial charge in [0.1, 0.15) is 0 Å². The molecule has 0 radical (unpaired) electrons. The highest BCUT2D eigenvalue weighted by atomic mass is 35.5. The molecule has 0 bridgehead atoms. The predicted molar refractivity (Wildman–Crippen MR) is 115 cm³/mol. The monoisotopic (exact) mass is 450 g/mol. The number of hydrogen-bond donors (Lipinski definition) is 1. The maximum Gasteiger partial charge on any atom is 0.238 e. The molecule has 1 aliphatic heterocycles. The highest BCUT2D eigenvalue weighted by Gasteiger charge is 2.30. The Morgan fingerprint density at radius 1 is 1.31 bits per heavy atom. The molecule has 0 saturated carbocycles. The van der Waals surface area contributed by atoms with Gasteiger partial charge in [-0.3, -0.25) is 9.78 Å². The van der Waals surface area contributed by atoms with Gasteiger partial charge in [0.2, 0.25) is 15.9 Å². The van der Waals surface area contributed by atoms with Crippen molar-refractivity contribution in [2.75, 3.05) is 19.6 Å². The van der Waals surface area contributed by atoms with Gasteiger partial charge < -0.3 is 9.88 Å². The molecule has 1 N–H and O–H groups in total. The Morgan fingerprint density at radius 2 is 2.14 bits per heavy atom. The molecule has 0 unspecified atom stereocenters. The zero-order valence-corrected chi connectivity index (χ0v) is 18.0. The van der Waals surface area contributed by atoms with Gasteiger partial charge in [-0.25, -0.2) is 8.42 Å². The molecule has 0 atom stereocenters. The molecule has 3 aromatic rings. The van der Waals surface area contributed by atoms with Gasteiger partial charge in [-0.15, -0.1) is 11.3 Å². The van der Waals surface area contributed by atoms with Gasteiger partial charge in [-0.1, -0.05) is 11.6 Å². The lowest BCUT2D eigenvalue weighted by Crippen LogP contribution is -2.51. The van der Waals surface area contributed by atoms with Gasteiger partial charge in [0.05, 0.1) is 22.9 Å².